The fraction of sp³-hybridized carbons (Fsp3) is 0.481. The first kappa shape index (κ1) is 33.0. The number of aromatic nitrogens is 1. The van der Waals surface area contributed by atoms with Crippen LogP contribution in [0.3, 0.4) is 0 Å². The molecule has 0 spiro atoms. The van der Waals surface area contributed by atoms with Gasteiger partial charge in [-0.25, -0.2) is 0 Å². The molecule has 10 heteroatoms. The van der Waals surface area contributed by atoms with Gasteiger partial charge in [0, 0.05) is 41.6 Å². The summed E-state index contributed by atoms with van der Waals surface area (Å²) in [6.07, 6.45) is 2.73. The lowest BCUT2D eigenvalue weighted by atomic mass is 10.0. The zero-order valence-electron chi connectivity index (χ0n) is 22.6. The number of carbonyl (C=O) groups is 2. The first-order valence-electron chi connectivity index (χ1n) is 12.4. The fourth-order valence-corrected chi connectivity index (χ4v) is 4.77. The van der Waals surface area contributed by atoms with Gasteiger partial charge >= 0.3 is 0 Å². The molecule has 0 fully saturated rings. The predicted octanol–water partition coefficient (Wildman–Crippen LogP) is 5.04. The van der Waals surface area contributed by atoms with Gasteiger partial charge in [0.15, 0.2) is 0 Å². The van der Waals surface area contributed by atoms with Gasteiger partial charge in [-0.1, -0.05) is 25.4 Å². The Hall–Kier alpha value is -2.03. The number of carbonyl (C=O) groups excluding carboxylic acids is 2. The molecule has 37 heavy (non-hydrogen) atoms. The fourth-order valence-electron chi connectivity index (χ4n) is 4.60. The molecule has 0 saturated heterocycles. The summed E-state index contributed by atoms with van der Waals surface area (Å²) in [5, 5.41) is 3.63. The van der Waals surface area contributed by atoms with Crippen LogP contribution in [0, 0.1) is 13.8 Å². The zero-order valence-corrected chi connectivity index (χ0v) is 25.0. The highest BCUT2D eigenvalue weighted by Crippen LogP contribution is 2.39. The van der Waals surface area contributed by atoms with E-state index in [4.69, 9.17) is 11.6 Å². The van der Waals surface area contributed by atoms with Gasteiger partial charge in [-0.15, -0.1) is 24.8 Å². The highest BCUT2D eigenvalue weighted by atomic mass is 35.5. The maximum Gasteiger partial charge on any atom is 0.259 e. The van der Waals surface area contributed by atoms with Gasteiger partial charge in [-0.2, -0.15) is 0 Å². The van der Waals surface area contributed by atoms with Crippen LogP contribution < -0.4 is 10.2 Å². The van der Waals surface area contributed by atoms with Crippen molar-refractivity contribution in [2.45, 2.75) is 34.1 Å². The van der Waals surface area contributed by atoms with E-state index in [0.29, 0.717) is 29.2 Å². The molecule has 0 bridgehead atoms. The molecular formula is C27H40Cl3N5O2. The zero-order chi connectivity index (χ0) is 25.7. The van der Waals surface area contributed by atoms with Crippen molar-refractivity contribution in [1.82, 2.24) is 20.1 Å². The quantitative estimate of drug-likeness (QED) is 0.370. The highest BCUT2D eigenvalue weighted by molar-refractivity contribution is 6.37. The monoisotopic (exact) mass is 571 g/mol. The molecule has 1 aliphatic heterocycles. The lowest BCUT2D eigenvalue weighted by molar-refractivity contribution is -0.113. The highest BCUT2D eigenvalue weighted by Gasteiger charge is 2.32. The second-order valence-electron chi connectivity index (χ2n) is 9.28. The van der Waals surface area contributed by atoms with Crippen molar-refractivity contribution in [2.75, 3.05) is 58.3 Å². The number of halogens is 3. The van der Waals surface area contributed by atoms with Gasteiger partial charge in [0.1, 0.15) is 0 Å². The summed E-state index contributed by atoms with van der Waals surface area (Å²) in [6, 6.07) is 5.58. The number of benzene rings is 1. The predicted molar refractivity (Wildman–Crippen MR) is 160 cm³/mol. The lowest BCUT2D eigenvalue weighted by Crippen LogP contribution is -2.35. The summed E-state index contributed by atoms with van der Waals surface area (Å²) in [5.74, 6) is -0.141. The smallest absolute Gasteiger partial charge is 0.259 e. The Labute approximate surface area is 238 Å². The minimum atomic E-state index is -0.0976. The summed E-state index contributed by atoms with van der Waals surface area (Å²) in [6.45, 7) is 12.9. The molecule has 1 aromatic carbocycles. The van der Waals surface area contributed by atoms with Gasteiger partial charge in [-0.05, 0) is 83.8 Å². The first-order valence-corrected chi connectivity index (χ1v) is 12.7. The molecule has 1 aliphatic rings. The van der Waals surface area contributed by atoms with Crippen molar-refractivity contribution >= 4 is 65.6 Å². The number of fused-ring (bicyclic) bond motifs is 1. The molecule has 0 unspecified atom stereocenters. The molecule has 2 aromatic rings. The van der Waals surface area contributed by atoms with Gasteiger partial charge < -0.3 is 25.0 Å². The average molecular weight is 573 g/mol. The van der Waals surface area contributed by atoms with Gasteiger partial charge in [0.05, 0.1) is 16.8 Å². The Balaban J connectivity index is 0.00000342. The van der Waals surface area contributed by atoms with Gasteiger partial charge in [0.2, 0.25) is 0 Å². The van der Waals surface area contributed by atoms with Crippen molar-refractivity contribution in [1.29, 1.82) is 0 Å². The van der Waals surface area contributed by atoms with Crippen molar-refractivity contribution in [3.63, 3.8) is 0 Å². The number of anilines is 1. The Morgan fingerprint density at radius 1 is 1.14 bits per heavy atom. The molecule has 0 atom stereocenters. The summed E-state index contributed by atoms with van der Waals surface area (Å²) in [4.78, 5) is 35.9. The number of hydrogen-bond donors (Lipinski definition) is 2. The van der Waals surface area contributed by atoms with E-state index >= 15 is 0 Å². The van der Waals surface area contributed by atoms with E-state index in [1.807, 2.05) is 57.1 Å². The third-order valence-corrected chi connectivity index (χ3v) is 6.84. The summed E-state index contributed by atoms with van der Waals surface area (Å²) >= 11 is 6.30. The molecule has 7 nitrogen and oxygen atoms in total. The van der Waals surface area contributed by atoms with Crippen molar-refractivity contribution in [2.24, 2.45) is 0 Å². The second kappa shape index (κ2) is 14.8. The summed E-state index contributed by atoms with van der Waals surface area (Å²) in [7, 11) is 4.05. The minimum Gasteiger partial charge on any atom is -0.358 e. The molecule has 2 amide bonds. The van der Waals surface area contributed by atoms with Crippen LogP contribution in [0.25, 0.3) is 11.6 Å². The Morgan fingerprint density at radius 2 is 1.81 bits per heavy atom. The third kappa shape index (κ3) is 7.74. The lowest BCUT2D eigenvalue weighted by Gasteiger charge is -2.18. The van der Waals surface area contributed by atoms with Gasteiger partial charge in [0.25, 0.3) is 11.8 Å². The van der Waals surface area contributed by atoms with Crippen LogP contribution in [0.5, 0.6) is 0 Å². The number of hydrogen-bond acceptors (Lipinski definition) is 4. The van der Waals surface area contributed by atoms with E-state index in [2.05, 4.69) is 33.9 Å². The molecule has 0 aliphatic carbocycles. The Morgan fingerprint density at radius 3 is 2.43 bits per heavy atom. The minimum absolute atomic E-state index is 0. The SMILES string of the molecule is CCN(CC)CCNC(=O)c1c(C)[nH]c(/C=C2\C(=O)N(CCCN(C)C)c3ccc(Cl)cc32)c1C.Cl.Cl. The number of aromatic amines is 1. The van der Waals surface area contributed by atoms with Crippen LogP contribution in [0.2, 0.25) is 5.02 Å². The molecule has 0 saturated carbocycles. The standard InChI is InChI=1S/C27H38ClN5O2.2ClH/c1-7-32(8-2)15-12-29-26(34)25-18(3)23(30-19(25)4)17-22-21-16-20(28)10-11-24(21)33(27(22)35)14-9-13-31(5)6;;/h10-11,16-17,30H,7-9,12-15H2,1-6H3,(H,29,34);2*1H/b22-17-;;. The molecule has 1 aromatic heterocycles. The molecule has 3 rings (SSSR count). The van der Waals surface area contributed by atoms with Crippen LogP contribution in [0.4, 0.5) is 5.69 Å². The van der Waals surface area contributed by atoms with E-state index < -0.39 is 0 Å². The summed E-state index contributed by atoms with van der Waals surface area (Å²) in [5.41, 5.74) is 5.30. The maximum absolute atomic E-state index is 13.5. The van der Waals surface area contributed by atoms with Crippen LogP contribution >= 0.6 is 36.4 Å². The van der Waals surface area contributed by atoms with E-state index in [9.17, 15) is 9.59 Å². The third-order valence-electron chi connectivity index (χ3n) is 6.60. The normalized spacial score (nSPS) is 13.7. The Bertz CT molecular complexity index is 1110. The topological polar surface area (TPSA) is 71.7 Å². The van der Waals surface area contributed by atoms with Crippen LogP contribution in [0.1, 0.15) is 53.1 Å². The number of H-pyrrole nitrogens is 1. The molecule has 206 valence electrons. The van der Waals surface area contributed by atoms with E-state index in [-0.39, 0.29) is 36.6 Å². The maximum atomic E-state index is 13.5. The van der Waals surface area contributed by atoms with E-state index in [1.165, 1.54) is 0 Å². The van der Waals surface area contributed by atoms with Crippen molar-refractivity contribution in [3.05, 3.63) is 51.3 Å². The molecular weight excluding hydrogens is 533 g/mol. The molecule has 2 heterocycles. The average Bonchev–Trinajstić information content (AvgIpc) is 3.23. The molecule has 2 N–H and O–H groups in total. The van der Waals surface area contributed by atoms with Gasteiger partial charge in [-0.3, -0.25) is 9.59 Å². The number of rotatable bonds is 11. The van der Waals surface area contributed by atoms with E-state index in [1.54, 1.807) is 0 Å². The van der Waals surface area contributed by atoms with Crippen LogP contribution in [-0.2, 0) is 4.79 Å². The van der Waals surface area contributed by atoms with E-state index in [0.717, 1.165) is 60.8 Å². The summed E-state index contributed by atoms with van der Waals surface area (Å²) < 4.78 is 0. The number of aryl methyl sites for hydroxylation is 1. The van der Waals surface area contributed by atoms with Crippen molar-refractivity contribution < 1.29 is 9.59 Å². The number of nitrogens with one attached hydrogen (secondary N) is 2. The first-order chi connectivity index (χ1) is 16.7. The number of nitrogens with zero attached hydrogens (tertiary/aromatic N) is 3. The van der Waals surface area contributed by atoms with Crippen LogP contribution in [-0.4, -0.2) is 80.0 Å². The van der Waals surface area contributed by atoms with Crippen LogP contribution in [0.15, 0.2) is 18.2 Å². The molecule has 0 radical (unpaired) electrons. The second-order valence-corrected chi connectivity index (χ2v) is 9.72. The largest absolute Gasteiger partial charge is 0.358 e. The Kier molecular flexibility index (Phi) is 13.2. The van der Waals surface area contributed by atoms with Crippen molar-refractivity contribution in [3.8, 4) is 0 Å². The number of amides is 2. The number of likely N-dealkylation sites (N-methyl/N-ethyl adjacent to an activating group) is 1.